The van der Waals surface area contributed by atoms with Crippen LogP contribution in [0.4, 0.5) is 5.69 Å². The van der Waals surface area contributed by atoms with Gasteiger partial charge in [0.05, 0.1) is 6.26 Å². The van der Waals surface area contributed by atoms with E-state index in [2.05, 4.69) is 235 Å². The summed E-state index contributed by atoms with van der Waals surface area (Å²) in [4.78, 5) is 0. The maximum absolute atomic E-state index is 9.19. The first-order valence-electron chi connectivity index (χ1n) is 21.5. The average Bonchev–Trinajstić information content (AvgIpc) is 2.85. The molecule has 0 aliphatic rings. The zero-order valence-corrected chi connectivity index (χ0v) is 48.6. The molecule has 58 heavy (non-hydrogen) atoms. The second-order valence-corrected chi connectivity index (χ2v) is 72.7. The number of anilines is 1. The van der Waals surface area contributed by atoms with Crippen molar-refractivity contribution in [3.63, 3.8) is 0 Å². The minimum atomic E-state index is -3.67. The van der Waals surface area contributed by atoms with E-state index in [0.29, 0.717) is 6.26 Å². The van der Waals surface area contributed by atoms with E-state index < -0.39 is 40.5 Å². The molecule has 9 heteroatoms. The molecular formula is C49H98NO3P3PdS. The molecular weight excluding hydrogens is 882 g/mol. The number of hydrogen-bond donors (Lipinski definition) is 2. The quantitative estimate of drug-likeness (QED) is 0.135. The smallest absolute Gasteiger partial charge is 0.261 e. The van der Waals surface area contributed by atoms with Crippen molar-refractivity contribution >= 4 is 36.2 Å². The van der Waals surface area contributed by atoms with Crippen LogP contribution in [0.3, 0.4) is 0 Å². The first-order valence-corrected chi connectivity index (χ1v) is 36.6. The van der Waals surface area contributed by atoms with Crippen LogP contribution in [0.5, 0.6) is 0 Å². The molecule has 2 aromatic carbocycles. The first-order chi connectivity index (χ1) is 25.0. The third-order valence-corrected chi connectivity index (χ3v) is 110. The molecule has 0 aliphatic carbocycles. The predicted octanol–water partition coefficient (Wildman–Crippen LogP) is 15.4. The van der Waals surface area contributed by atoms with Crippen LogP contribution in [-0.4, -0.2) is 65.6 Å². The Balaban J connectivity index is 0.00000315. The summed E-state index contributed by atoms with van der Waals surface area (Å²) in [5.41, 5.74) is 2.41. The molecule has 0 heterocycles. The Labute approximate surface area is 365 Å². The van der Waals surface area contributed by atoms with Gasteiger partial charge in [0.25, 0.3) is 10.1 Å². The van der Waals surface area contributed by atoms with Gasteiger partial charge in [0.2, 0.25) is 0 Å². The maximum atomic E-state index is 9.19. The van der Waals surface area contributed by atoms with Crippen molar-refractivity contribution in [1.29, 1.82) is 0 Å². The molecule has 0 saturated heterocycles. The van der Waals surface area contributed by atoms with Crippen molar-refractivity contribution in [3.8, 4) is 11.1 Å². The van der Waals surface area contributed by atoms with Crippen LogP contribution >= 0.6 is 16.4 Å². The van der Waals surface area contributed by atoms with Gasteiger partial charge in [0.15, 0.2) is 0 Å². The van der Waals surface area contributed by atoms with Crippen LogP contribution in [0, 0.1) is 0 Å². The van der Waals surface area contributed by atoms with Crippen LogP contribution in [0.15, 0.2) is 48.5 Å². The molecule has 2 rings (SSSR count). The van der Waals surface area contributed by atoms with Crippen LogP contribution in [0.25, 0.3) is 11.1 Å². The summed E-state index contributed by atoms with van der Waals surface area (Å²) >= 11 is -3.36. The van der Waals surface area contributed by atoms with E-state index >= 15 is 0 Å². The molecule has 2 aromatic rings. The Hall–Kier alpha value is 0.102. The standard InChI is InChI=1S/C12H10N.3C12H27P.CH4O3S.Pd/c13-12-9-5-4-8-11(12)10-6-2-1-3-7-10;3*1-10(2,3)13(11(4,5)6)12(7,8)9;1-5(2,3)4;/h1-6,8-9H,13H2;3*1-9H3;1H3,(H,2,3,4);/q;;;;;-3/p+3. The zero-order valence-electron chi connectivity index (χ0n) is 43.2. The minimum Gasteiger partial charge on any atom is -0.286 e. The predicted molar refractivity (Wildman–Crippen MR) is 276 cm³/mol. The Kier molecular flexibility index (Phi) is 16.0. The number of nitrogens with two attached hydrogens (primary N) is 1. The van der Waals surface area contributed by atoms with Gasteiger partial charge < -0.3 is 0 Å². The molecule has 0 radical (unpaired) electrons. The minimum absolute atomic E-state index is 0.0655. The summed E-state index contributed by atoms with van der Waals surface area (Å²) in [6, 6.07) is 19.0. The fourth-order valence-corrected chi connectivity index (χ4v) is 204. The van der Waals surface area contributed by atoms with E-state index in [1.165, 1.54) is 11.1 Å². The van der Waals surface area contributed by atoms with Gasteiger partial charge in [-0.15, -0.1) is 0 Å². The second-order valence-electron chi connectivity index (χ2n) is 26.3. The van der Waals surface area contributed by atoms with Gasteiger partial charge in [0.1, 0.15) is 0 Å². The normalized spacial score (nSPS) is 17.7. The number of nitrogen functional groups attached to an aromatic ring is 1. The Bertz CT molecular complexity index is 1600. The first kappa shape index (κ1) is 56.1. The van der Waals surface area contributed by atoms with E-state index in [1.807, 2.05) is 0 Å². The molecule has 348 valence electrons. The molecule has 0 atom stereocenters. The molecule has 0 aliphatic heterocycles. The van der Waals surface area contributed by atoms with Gasteiger partial charge in [-0.1, -0.05) is 0 Å². The molecule has 0 saturated carbocycles. The largest absolute Gasteiger partial charge is 0.286 e. The number of rotatable bonds is 5. The van der Waals surface area contributed by atoms with Gasteiger partial charge in [-0.05, 0) is 0 Å². The summed E-state index contributed by atoms with van der Waals surface area (Å²) in [5, 5.41) is 0.590. The molecule has 4 nitrogen and oxygen atoms in total. The molecule has 0 bridgehead atoms. The summed E-state index contributed by atoms with van der Waals surface area (Å²) in [5.74, 6) is 0. The van der Waals surface area contributed by atoms with Crippen LogP contribution in [-0.2, 0) is 24.2 Å². The van der Waals surface area contributed by atoms with Crippen LogP contribution < -0.4 is 9.77 Å². The van der Waals surface area contributed by atoms with Gasteiger partial charge in [0, 0.05) is 0 Å². The van der Waals surface area contributed by atoms with E-state index in [0.717, 1.165) is 5.69 Å². The second kappa shape index (κ2) is 16.6. The van der Waals surface area contributed by atoms with Crippen molar-refractivity contribution in [2.75, 3.05) is 12.0 Å². The number of para-hydroxylation sites is 1. The van der Waals surface area contributed by atoms with Crippen molar-refractivity contribution in [2.45, 2.75) is 233 Å². The van der Waals surface area contributed by atoms with Crippen LogP contribution in [0.2, 0.25) is 0 Å². The molecule has 0 fully saturated rings. The SMILES string of the molecule is CC(C)(C)[PH](C(C)(C)C)(C(C)(C)C)[Pd]([c]1ccccc1-c1ccccc1N)([PH](C(C)(C)C)(C(C)(C)C)C(C)(C)C)[PH](C(C)(C)C)(C(C)(C)C)C(C)(C)C.CS(=O)(=O)O. The molecule has 0 spiro atoms. The fraction of sp³-hybridized carbons (Fsp3) is 0.755. The number of benzene rings is 2. The molecule has 3 N–H and O–H groups in total. The van der Waals surface area contributed by atoms with Gasteiger partial charge >= 0.3 is 339 Å². The monoisotopic (exact) mass is 980 g/mol. The van der Waals surface area contributed by atoms with Crippen molar-refractivity contribution in [1.82, 2.24) is 0 Å². The summed E-state index contributed by atoms with van der Waals surface area (Å²) < 4.78 is 27.7. The van der Waals surface area contributed by atoms with E-state index in [-0.39, 0.29) is 46.4 Å². The fourth-order valence-electron chi connectivity index (χ4n) is 15.9. The Morgan fingerprint density at radius 1 is 0.414 bits per heavy atom. The molecule has 0 unspecified atom stereocenters. The van der Waals surface area contributed by atoms with Crippen molar-refractivity contribution < 1.29 is 27.0 Å². The molecule has 0 amide bonds. The number of hydrogen-bond acceptors (Lipinski definition) is 3. The summed E-state index contributed by atoms with van der Waals surface area (Å²) in [6.07, 6.45) is 0.715. The zero-order chi connectivity index (χ0) is 47.0. The summed E-state index contributed by atoms with van der Waals surface area (Å²) in [7, 11) is -3.67. The van der Waals surface area contributed by atoms with Crippen molar-refractivity contribution in [3.05, 3.63) is 48.5 Å². The van der Waals surface area contributed by atoms with Gasteiger partial charge in [-0.2, -0.15) is 8.42 Å². The third-order valence-electron chi connectivity index (χ3n) is 12.3. The third kappa shape index (κ3) is 8.68. The Morgan fingerprint density at radius 2 is 0.603 bits per heavy atom. The Morgan fingerprint density at radius 3 is 0.810 bits per heavy atom. The van der Waals surface area contributed by atoms with E-state index in [4.69, 9.17) is 10.3 Å². The molecule has 0 aromatic heterocycles. The van der Waals surface area contributed by atoms with Gasteiger partial charge in [-0.3, -0.25) is 4.55 Å². The average molecular weight is 981 g/mol. The summed E-state index contributed by atoms with van der Waals surface area (Å²) in [6.45, 7) is 74.3. The van der Waals surface area contributed by atoms with E-state index in [9.17, 15) is 8.42 Å². The van der Waals surface area contributed by atoms with Gasteiger partial charge in [-0.25, -0.2) is 0 Å². The van der Waals surface area contributed by atoms with Crippen molar-refractivity contribution in [2.24, 2.45) is 0 Å². The maximum Gasteiger partial charge on any atom is 0.261 e. The topological polar surface area (TPSA) is 80.4 Å². The van der Waals surface area contributed by atoms with E-state index in [1.54, 1.807) is 4.04 Å². The van der Waals surface area contributed by atoms with Crippen LogP contribution in [0.1, 0.15) is 187 Å².